The minimum atomic E-state index is -0.220. The first kappa shape index (κ1) is 17.5. The molecule has 2 aromatic carbocycles. The van der Waals surface area contributed by atoms with Crippen LogP contribution in [0.25, 0.3) is 0 Å². The summed E-state index contributed by atoms with van der Waals surface area (Å²) in [5, 5.41) is 7.61. The summed E-state index contributed by atoms with van der Waals surface area (Å²) in [6.07, 6.45) is 5.10. The Balaban J connectivity index is 1.56. The minimum Gasteiger partial charge on any atom is -0.496 e. The molecule has 0 amide bonds. The maximum atomic E-state index is 13.7. The topological polar surface area (TPSA) is 33.3 Å². The molecule has 1 saturated carbocycles. The van der Waals surface area contributed by atoms with Gasteiger partial charge in [0.15, 0.2) is 0 Å². The molecule has 0 spiro atoms. The third kappa shape index (κ3) is 3.49. The van der Waals surface area contributed by atoms with E-state index in [-0.39, 0.29) is 5.82 Å². The van der Waals surface area contributed by atoms with E-state index >= 15 is 0 Å². The molecule has 1 heterocycles. The Kier molecular flexibility index (Phi) is 5.23. The highest BCUT2D eigenvalue weighted by Gasteiger charge is 2.43. The monoisotopic (exact) mass is 354 g/mol. The van der Waals surface area contributed by atoms with Crippen molar-refractivity contribution in [1.29, 1.82) is 0 Å². The summed E-state index contributed by atoms with van der Waals surface area (Å²) in [6.45, 7) is 0.611. The highest BCUT2D eigenvalue weighted by atomic mass is 19.1. The molecule has 0 radical (unpaired) electrons. The van der Waals surface area contributed by atoms with Crippen LogP contribution in [0, 0.1) is 11.7 Å². The first-order chi connectivity index (χ1) is 12.8. The molecule has 2 fully saturated rings. The first-order valence-corrected chi connectivity index (χ1v) is 9.63. The number of ether oxygens (including phenoxy) is 1. The number of methoxy groups -OCH3 is 1. The van der Waals surface area contributed by atoms with Crippen LogP contribution in [-0.4, -0.2) is 19.2 Å². The zero-order valence-corrected chi connectivity index (χ0v) is 15.2. The van der Waals surface area contributed by atoms with Crippen LogP contribution in [0.1, 0.15) is 42.9 Å². The van der Waals surface area contributed by atoms with E-state index in [0.29, 0.717) is 30.6 Å². The summed E-state index contributed by atoms with van der Waals surface area (Å²) in [7, 11) is 1.64. The van der Waals surface area contributed by atoms with Gasteiger partial charge in [-0.3, -0.25) is 0 Å². The molecule has 3 nitrogen and oxygen atoms in total. The third-order valence-electron chi connectivity index (χ3n) is 5.96. The number of fused-ring (bicyclic) bond motifs is 1. The Morgan fingerprint density at radius 2 is 1.92 bits per heavy atom. The summed E-state index contributed by atoms with van der Waals surface area (Å²) in [5.74, 6) is 1.14. The van der Waals surface area contributed by atoms with E-state index in [2.05, 4.69) is 41.0 Å². The van der Waals surface area contributed by atoms with Gasteiger partial charge in [-0.25, -0.2) is 4.39 Å². The predicted molar refractivity (Wildman–Crippen MR) is 102 cm³/mol. The van der Waals surface area contributed by atoms with Crippen LogP contribution in [0.2, 0.25) is 0 Å². The number of benzene rings is 2. The number of hydrogen-bond acceptors (Lipinski definition) is 3. The number of hydrogen-bond donors (Lipinski definition) is 2. The first-order valence-electron chi connectivity index (χ1n) is 9.63. The molecule has 0 aromatic heterocycles. The van der Waals surface area contributed by atoms with E-state index in [0.717, 1.165) is 11.3 Å². The number of rotatable bonds is 5. The van der Waals surface area contributed by atoms with E-state index in [1.54, 1.807) is 19.2 Å². The lowest BCUT2D eigenvalue weighted by molar-refractivity contribution is 0.281. The summed E-state index contributed by atoms with van der Waals surface area (Å²) in [5.41, 5.74) is 2.20. The zero-order chi connectivity index (χ0) is 17.9. The van der Waals surface area contributed by atoms with Crippen LogP contribution in [0.5, 0.6) is 5.75 Å². The Morgan fingerprint density at radius 1 is 1.12 bits per heavy atom. The molecule has 4 unspecified atom stereocenters. The predicted octanol–water partition coefficient (Wildman–Crippen LogP) is 4.20. The Morgan fingerprint density at radius 3 is 2.73 bits per heavy atom. The van der Waals surface area contributed by atoms with E-state index < -0.39 is 0 Å². The molecule has 0 bridgehead atoms. The molecule has 1 aliphatic heterocycles. The summed E-state index contributed by atoms with van der Waals surface area (Å²) in [6, 6.07) is 16.6. The van der Waals surface area contributed by atoms with Crippen LogP contribution in [-0.2, 0) is 6.54 Å². The van der Waals surface area contributed by atoms with Crippen molar-refractivity contribution in [2.45, 2.75) is 50.4 Å². The van der Waals surface area contributed by atoms with Gasteiger partial charge < -0.3 is 15.4 Å². The van der Waals surface area contributed by atoms with Crippen molar-refractivity contribution in [3.8, 4) is 5.75 Å². The SMILES string of the molecule is COc1ccc(F)cc1CNC1C(c2ccccc2)NC2CCCCC21. The molecule has 1 saturated heterocycles. The van der Waals surface area contributed by atoms with Crippen LogP contribution in [0.15, 0.2) is 48.5 Å². The van der Waals surface area contributed by atoms with Gasteiger partial charge in [0.1, 0.15) is 11.6 Å². The van der Waals surface area contributed by atoms with Gasteiger partial charge in [0, 0.05) is 30.2 Å². The molecule has 4 atom stereocenters. The van der Waals surface area contributed by atoms with Crippen molar-refractivity contribution in [2.75, 3.05) is 7.11 Å². The molecule has 4 heteroatoms. The van der Waals surface area contributed by atoms with E-state index in [9.17, 15) is 4.39 Å². The van der Waals surface area contributed by atoms with Crippen LogP contribution in [0.4, 0.5) is 4.39 Å². The second-order valence-corrected chi connectivity index (χ2v) is 7.47. The van der Waals surface area contributed by atoms with Crippen molar-refractivity contribution in [3.05, 3.63) is 65.5 Å². The van der Waals surface area contributed by atoms with Gasteiger partial charge in [-0.1, -0.05) is 43.2 Å². The molecule has 138 valence electrons. The lowest BCUT2D eigenvalue weighted by Gasteiger charge is -2.30. The lowest BCUT2D eigenvalue weighted by atomic mass is 9.81. The normalized spacial score (nSPS) is 27.9. The number of nitrogens with one attached hydrogen (secondary N) is 2. The van der Waals surface area contributed by atoms with Crippen molar-refractivity contribution in [2.24, 2.45) is 5.92 Å². The lowest BCUT2D eigenvalue weighted by Crippen LogP contribution is -2.39. The smallest absolute Gasteiger partial charge is 0.123 e. The molecular formula is C22H27FN2O. The molecule has 26 heavy (non-hydrogen) atoms. The van der Waals surface area contributed by atoms with E-state index in [4.69, 9.17) is 4.74 Å². The Labute approximate surface area is 155 Å². The maximum Gasteiger partial charge on any atom is 0.123 e. The molecule has 2 aromatic rings. The maximum absolute atomic E-state index is 13.7. The summed E-state index contributed by atoms with van der Waals surface area (Å²) < 4.78 is 19.1. The largest absolute Gasteiger partial charge is 0.496 e. The summed E-state index contributed by atoms with van der Waals surface area (Å²) in [4.78, 5) is 0. The quantitative estimate of drug-likeness (QED) is 0.844. The fourth-order valence-corrected chi connectivity index (χ4v) is 4.72. The second-order valence-electron chi connectivity index (χ2n) is 7.47. The van der Waals surface area contributed by atoms with Crippen molar-refractivity contribution >= 4 is 0 Å². The van der Waals surface area contributed by atoms with Crippen LogP contribution in [0.3, 0.4) is 0 Å². The highest BCUT2D eigenvalue weighted by Crippen LogP contribution is 2.39. The molecular weight excluding hydrogens is 327 g/mol. The Bertz CT molecular complexity index is 736. The second kappa shape index (κ2) is 7.77. The van der Waals surface area contributed by atoms with Gasteiger partial charge in [0.2, 0.25) is 0 Å². The average Bonchev–Trinajstić information content (AvgIpc) is 3.06. The van der Waals surface area contributed by atoms with Crippen molar-refractivity contribution in [3.63, 3.8) is 0 Å². The minimum absolute atomic E-state index is 0.220. The van der Waals surface area contributed by atoms with Gasteiger partial charge in [-0.2, -0.15) is 0 Å². The van der Waals surface area contributed by atoms with Crippen LogP contribution < -0.4 is 15.4 Å². The molecule has 1 aliphatic carbocycles. The van der Waals surface area contributed by atoms with Gasteiger partial charge >= 0.3 is 0 Å². The van der Waals surface area contributed by atoms with Gasteiger partial charge in [-0.05, 0) is 42.5 Å². The fourth-order valence-electron chi connectivity index (χ4n) is 4.72. The van der Waals surface area contributed by atoms with Crippen molar-refractivity contribution < 1.29 is 9.13 Å². The number of halogens is 1. The Hall–Kier alpha value is -1.91. The zero-order valence-electron chi connectivity index (χ0n) is 15.2. The van der Waals surface area contributed by atoms with E-state index in [1.807, 2.05) is 0 Å². The average molecular weight is 354 g/mol. The molecule has 2 N–H and O–H groups in total. The van der Waals surface area contributed by atoms with Gasteiger partial charge in [0.05, 0.1) is 7.11 Å². The van der Waals surface area contributed by atoms with Crippen molar-refractivity contribution in [1.82, 2.24) is 10.6 Å². The molecule has 2 aliphatic rings. The van der Waals surface area contributed by atoms with Crippen LogP contribution >= 0.6 is 0 Å². The summed E-state index contributed by atoms with van der Waals surface area (Å²) >= 11 is 0. The third-order valence-corrected chi connectivity index (χ3v) is 5.96. The van der Waals surface area contributed by atoms with Gasteiger partial charge in [0.25, 0.3) is 0 Å². The standard InChI is InChI=1S/C22H27FN2O/c1-26-20-12-11-17(23)13-16(20)14-24-22-18-9-5-6-10-19(18)25-21(22)15-7-3-2-4-8-15/h2-4,7-8,11-13,18-19,21-22,24-25H,5-6,9-10,14H2,1H3. The fraction of sp³-hybridized carbons (Fsp3) is 0.455. The highest BCUT2D eigenvalue weighted by molar-refractivity contribution is 5.34. The molecule has 4 rings (SSSR count). The van der Waals surface area contributed by atoms with E-state index in [1.165, 1.54) is 37.3 Å². The van der Waals surface area contributed by atoms with Gasteiger partial charge in [-0.15, -0.1) is 0 Å².